The van der Waals surface area contributed by atoms with Crippen molar-refractivity contribution in [2.24, 2.45) is 0 Å². The summed E-state index contributed by atoms with van der Waals surface area (Å²) in [6.45, 7) is 0. The Kier molecular flexibility index (Phi) is 5.36. The van der Waals surface area contributed by atoms with E-state index in [1.54, 1.807) is 23.9 Å². The summed E-state index contributed by atoms with van der Waals surface area (Å²) in [6.07, 6.45) is 4.56. The number of nitrogens with zero attached hydrogens (tertiary/aromatic N) is 1. The number of hydrogen-bond donors (Lipinski definition) is 1. The highest BCUT2D eigenvalue weighted by Gasteiger charge is 2.08. The molecule has 0 aliphatic heterocycles. The number of nitrogens with one attached hydrogen (secondary N) is 1. The summed E-state index contributed by atoms with van der Waals surface area (Å²) in [5.41, 5.74) is 1.26. The molecule has 1 N–H and O–H groups in total. The van der Waals surface area contributed by atoms with E-state index in [2.05, 4.69) is 10.3 Å². The fraction of sp³-hybridized carbons (Fsp3) is 0.267. The molecule has 1 unspecified atom stereocenters. The predicted octanol–water partition coefficient (Wildman–Crippen LogP) is 3.14. The van der Waals surface area contributed by atoms with E-state index < -0.39 is 0 Å². The minimum Gasteiger partial charge on any atom is -0.316 e. The molecule has 0 bridgehead atoms. The van der Waals surface area contributed by atoms with Crippen molar-refractivity contribution >= 4 is 11.8 Å². The average Bonchev–Trinajstić information content (AvgIpc) is 2.44. The molecule has 0 amide bonds. The molecule has 19 heavy (non-hydrogen) atoms. The molecular formula is C15H17FN2S. The Balaban J connectivity index is 1.89. The van der Waals surface area contributed by atoms with E-state index >= 15 is 0 Å². The quantitative estimate of drug-likeness (QED) is 0.820. The minimum atomic E-state index is -0.180. The van der Waals surface area contributed by atoms with Crippen molar-refractivity contribution in [2.45, 2.75) is 17.4 Å². The van der Waals surface area contributed by atoms with Crippen molar-refractivity contribution in [1.82, 2.24) is 10.3 Å². The summed E-state index contributed by atoms with van der Waals surface area (Å²) in [6, 6.07) is 11.1. The molecule has 0 radical (unpaired) electrons. The molecule has 1 aromatic carbocycles. The summed E-state index contributed by atoms with van der Waals surface area (Å²) in [7, 11) is 1.96. The topological polar surface area (TPSA) is 24.9 Å². The van der Waals surface area contributed by atoms with Gasteiger partial charge in [0.25, 0.3) is 0 Å². The summed E-state index contributed by atoms with van der Waals surface area (Å²) in [5.74, 6) is 0.725. The van der Waals surface area contributed by atoms with Gasteiger partial charge in [-0.25, -0.2) is 4.39 Å². The summed E-state index contributed by atoms with van der Waals surface area (Å²) < 4.78 is 13.1. The van der Waals surface area contributed by atoms with Crippen LogP contribution >= 0.6 is 11.8 Å². The zero-order valence-corrected chi connectivity index (χ0v) is 11.7. The van der Waals surface area contributed by atoms with Crippen LogP contribution in [0.3, 0.4) is 0 Å². The van der Waals surface area contributed by atoms with Gasteiger partial charge in [0.2, 0.25) is 0 Å². The summed E-state index contributed by atoms with van der Waals surface area (Å²) in [5, 5.41) is 3.30. The third-order valence-electron chi connectivity index (χ3n) is 2.89. The number of thioether (sulfide) groups is 1. The second kappa shape index (κ2) is 7.26. The van der Waals surface area contributed by atoms with E-state index in [4.69, 9.17) is 0 Å². The molecule has 2 aromatic rings. The fourth-order valence-electron chi connectivity index (χ4n) is 1.80. The number of halogens is 1. The van der Waals surface area contributed by atoms with Gasteiger partial charge < -0.3 is 5.32 Å². The first-order chi connectivity index (χ1) is 9.28. The van der Waals surface area contributed by atoms with E-state index in [1.165, 1.54) is 11.6 Å². The van der Waals surface area contributed by atoms with E-state index in [0.717, 1.165) is 17.1 Å². The van der Waals surface area contributed by atoms with Gasteiger partial charge in [-0.3, -0.25) is 4.98 Å². The van der Waals surface area contributed by atoms with Crippen LogP contribution < -0.4 is 5.32 Å². The number of aromatic nitrogens is 1. The smallest absolute Gasteiger partial charge is 0.124 e. The minimum absolute atomic E-state index is 0.180. The highest BCUT2D eigenvalue weighted by molar-refractivity contribution is 7.99. The predicted molar refractivity (Wildman–Crippen MR) is 77.9 cm³/mol. The van der Waals surface area contributed by atoms with Gasteiger partial charge in [0.15, 0.2) is 0 Å². The third-order valence-corrected chi connectivity index (χ3v) is 4.04. The van der Waals surface area contributed by atoms with Crippen LogP contribution in [0, 0.1) is 5.82 Å². The lowest BCUT2D eigenvalue weighted by atomic mass is 10.1. The van der Waals surface area contributed by atoms with Gasteiger partial charge in [-0.2, -0.15) is 0 Å². The number of rotatable bonds is 6. The van der Waals surface area contributed by atoms with Gasteiger partial charge in [0.05, 0.1) is 0 Å². The molecule has 2 rings (SSSR count). The van der Waals surface area contributed by atoms with Crippen LogP contribution in [0.15, 0.2) is 53.7 Å². The molecule has 0 aliphatic carbocycles. The van der Waals surface area contributed by atoms with Crippen molar-refractivity contribution in [3.05, 3.63) is 60.2 Å². The Morgan fingerprint density at radius 2 is 2.05 bits per heavy atom. The van der Waals surface area contributed by atoms with Gasteiger partial charge >= 0.3 is 0 Å². The Hall–Kier alpha value is -1.39. The van der Waals surface area contributed by atoms with Crippen LogP contribution in [0.4, 0.5) is 4.39 Å². The third kappa shape index (κ3) is 4.65. The first-order valence-corrected chi connectivity index (χ1v) is 7.21. The second-order valence-corrected chi connectivity index (χ2v) is 5.41. The molecule has 0 saturated carbocycles. The van der Waals surface area contributed by atoms with E-state index in [0.29, 0.717) is 6.04 Å². The van der Waals surface area contributed by atoms with Crippen LogP contribution in [-0.2, 0) is 6.42 Å². The van der Waals surface area contributed by atoms with E-state index in [1.807, 2.05) is 37.6 Å². The molecular weight excluding hydrogens is 259 g/mol. The van der Waals surface area contributed by atoms with Crippen LogP contribution in [0.1, 0.15) is 5.56 Å². The first kappa shape index (κ1) is 14.0. The van der Waals surface area contributed by atoms with E-state index in [9.17, 15) is 4.39 Å². The van der Waals surface area contributed by atoms with Crippen molar-refractivity contribution < 1.29 is 4.39 Å². The van der Waals surface area contributed by atoms with Gasteiger partial charge in [0, 0.05) is 29.1 Å². The van der Waals surface area contributed by atoms with E-state index in [-0.39, 0.29) is 5.82 Å². The maximum absolute atomic E-state index is 13.1. The second-order valence-electron chi connectivity index (χ2n) is 4.31. The summed E-state index contributed by atoms with van der Waals surface area (Å²) in [4.78, 5) is 4.98. The van der Waals surface area contributed by atoms with Crippen LogP contribution in [0.5, 0.6) is 0 Å². The summed E-state index contributed by atoms with van der Waals surface area (Å²) >= 11 is 1.67. The lowest BCUT2D eigenvalue weighted by molar-refractivity contribution is 0.615. The van der Waals surface area contributed by atoms with Crippen molar-refractivity contribution in [3.63, 3.8) is 0 Å². The van der Waals surface area contributed by atoms with Crippen molar-refractivity contribution in [3.8, 4) is 0 Å². The van der Waals surface area contributed by atoms with Crippen LogP contribution in [0.25, 0.3) is 0 Å². The molecule has 0 saturated heterocycles. The Morgan fingerprint density at radius 3 is 2.74 bits per heavy atom. The van der Waals surface area contributed by atoms with Crippen LogP contribution in [0.2, 0.25) is 0 Å². The molecule has 1 atom stereocenters. The molecule has 1 heterocycles. The van der Waals surface area contributed by atoms with Crippen molar-refractivity contribution in [1.29, 1.82) is 0 Å². The normalized spacial score (nSPS) is 12.3. The molecule has 100 valence electrons. The lowest BCUT2D eigenvalue weighted by Crippen LogP contribution is -2.30. The highest BCUT2D eigenvalue weighted by Crippen LogP contribution is 2.20. The van der Waals surface area contributed by atoms with Gasteiger partial charge in [0.1, 0.15) is 5.82 Å². The zero-order chi connectivity index (χ0) is 13.5. The molecule has 1 aromatic heterocycles. The average molecular weight is 276 g/mol. The maximum atomic E-state index is 13.1. The monoisotopic (exact) mass is 276 g/mol. The highest BCUT2D eigenvalue weighted by atomic mass is 32.2. The van der Waals surface area contributed by atoms with Gasteiger partial charge in [-0.05, 0) is 49.4 Å². The first-order valence-electron chi connectivity index (χ1n) is 6.22. The fourth-order valence-corrected chi connectivity index (χ4v) is 2.85. The Labute approximate surface area is 117 Å². The zero-order valence-electron chi connectivity index (χ0n) is 10.8. The van der Waals surface area contributed by atoms with Crippen molar-refractivity contribution in [2.75, 3.05) is 12.8 Å². The molecule has 0 spiro atoms. The molecule has 0 fully saturated rings. The molecule has 0 aliphatic rings. The molecule has 4 heteroatoms. The molecule has 2 nitrogen and oxygen atoms in total. The SMILES string of the molecule is CNC(CSc1cccc(F)c1)Cc1ccncc1. The maximum Gasteiger partial charge on any atom is 0.124 e. The van der Waals surface area contributed by atoms with Crippen LogP contribution in [-0.4, -0.2) is 23.8 Å². The van der Waals surface area contributed by atoms with Gasteiger partial charge in [-0.1, -0.05) is 6.07 Å². The largest absolute Gasteiger partial charge is 0.316 e. The Bertz CT molecular complexity index is 505. The number of hydrogen-bond acceptors (Lipinski definition) is 3. The lowest BCUT2D eigenvalue weighted by Gasteiger charge is -2.15. The van der Waals surface area contributed by atoms with Gasteiger partial charge in [-0.15, -0.1) is 11.8 Å². The number of pyridine rings is 1. The Morgan fingerprint density at radius 1 is 1.26 bits per heavy atom. The number of benzene rings is 1. The number of likely N-dealkylation sites (N-methyl/N-ethyl adjacent to an activating group) is 1. The standard InChI is InChI=1S/C15H17FN2S/c1-17-14(9-12-5-7-18-8-6-12)11-19-15-4-2-3-13(16)10-15/h2-8,10,14,17H,9,11H2,1H3.